The molecule has 0 bridgehead atoms. The van der Waals surface area contributed by atoms with Crippen molar-refractivity contribution in [1.29, 1.82) is 0 Å². The van der Waals surface area contributed by atoms with Gasteiger partial charge in [-0.15, -0.1) is 24.0 Å². The zero-order chi connectivity index (χ0) is 13.9. The van der Waals surface area contributed by atoms with Crippen LogP contribution in [0.4, 0.5) is 0 Å². The van der Waals surface area contributed by atoms with Gasteiger partial charge in [0.15, 0.2) is 0 Å². The fraction of sp³-hybridized carbons (Fsp3) is 0.0667. The van der Waals surface area contributed by atoms with Crippen molar-refractivity contribution < 1.29 is 4.79 Å². The molecule has 20 heavy (non-hydrogen) atoms. The van der Waals surface area contributed by atoms with Crippen LogP contribution in [0.1, 0.15) is 15.2 Å². The minimum atomic E-state index is -0.0928. The first-order valence-corrected chi connectivity index (χ1v) is 7.45. The highest BCUT2D eigenvalue weighted by Crippen LogP contribution is 2.22. The molecule has 0 atom stereocenters. The van der Waals surface area contributed by atoms with Gasteiger partial charge < -0.3 is 5.32 Å². The lowest BCUT2D eigenvalue weighted by atomic mass is 10.1. The Morgan fingerprint density at radius 2 is 2.15 bits per heavy atom. The maximum absolute atomic E-state index is 12.3. The molecule has 0 aliphatic heterocycles. The van der Waals surface area contributed by atoms with Crippen LogP contribution < -0.4 is 5.32 Å². The van der Waals surface area contributed by atoms with E-state index in [2.05, 4.69) is 22.9 Å². The molecule has 1 N–H and O–H groups in total. The molecule has 2 heterocycles. The van der Waals surface area contributed by atoms with E-state index in [-0.39, 0.29) is 5.91 Å². The highest BCUT2D eigenvalue weighted by atomic mass is 32.1. The van der Waals surface area contributed by atoms with Crippen LogP contribution in [0.15, 0.2) is 52.9 Å². The van der Waals surface area contributed by atoms with Crippen molar-refractivity contribution >= 4 is 40.8 Å². The second-order valence-electron chi connectivity index (χ2n) is 4.29. The predicted molar refractivity (Wildman–Crippen MR) is 84.5 cm³/mol. The van der Waals surface area contributed by atoms with Crippen molar-refractivity contribution in [2.45, 2.75) is 11.4 Å². The number of pyridine rings is 1. The summed E-state index contributed by atoms with van der Waals surface area (Å²) in [5, 5.41) is 5.75. The number of aromatic nitrogens is 1. The Morgan fingerprint density at radius 3 is 2.95 bits per heavy atom. The highest BCUT2D eigenvalue weighted by Gasteiger charge is 2.11. The summed E-state index contributed by atoms with van der Waals surface area (Å²) in [6.45, 7) is 0.543. The number of hydrogen-bond acceptors (Lipinski definition) is 4. The van der Waals surface area contributed by atoms with E-state index in [9.17, 15) is 4.79 Å². The normalized spacial score (nSPS) is 10.7. The number of para-hydroxylation sites is 1. The van der Waals surface area contributed by atoms with Gasteiger partial charge in [0.2, 0.25) is 0 Å². The monoisotopic (exact) mass is 300 g/mol. The molecule has 1 aromatic carbocycles. The third-order valence-electron chi connectivity index (χ3n) is 3.00. The fourth-order valence-electron chi connectivity index (χ4n) is 2.03. The number of carbonyl (C=O) groups excluding carboxylic acids is 1. The molecule has 0 saturated carbocycles. The van der Waals surface area contributed by atoms with E-state index < -0.39 is 0 Å². The highest BCUT2D eigenvalue weighted by molar-refractivity contribution is 7.80. The molecule has 5 heteroatoms. The molecular weight excluding hydrogens is 288 g/mol. The summed E-state index contributed by atoms with van der Waals surface area (Å²) in [4.78, 5) is 18.5. The van der Waals surface area contributed by atoms with E-state index in [1.807, 2.05) is 35.7 Å². The van der Waals surface area contributed by atoms with Crippen molar-refractivity contribution in [2.75, 3.05) is 0 Å². The number of rotatable bonds is 3. The lowest BCUT2D eigenvalue weighted by Crippen LogP contribution is -2.22. The van der Waals surface area contributed by atoms with Gasteiger partial charge in [-0.05, 0) is 23.6 Å². The number of thiophene rings is 1. The van der Waals surface area contributed by atoms with E-state index in [1.54, 1.807) is 23.6 Å². The lowest BCUT2D eigenvalue weighted by Gasteiger charge is -2.07. The Bertz CT molecular complexity index is 754. The van der Waals surface area contributed by atoms with Gasteiger partial charge in [-0.2, -0.15) is 0 Å². The van der Waals surface area contributed by atoms with Crippen LogP contribution in [-0.4, -0.2) is 10.9 Å². The molecule has 0 spiro atoms. The summed E-state index contributed by atoms with van der Waals surface area (Å²) in [5.74, 6) is -0.0928. The second-order valence-corrected chi connectivity index (χ2v) is 5.81. The van der Waals surface area contributed by atoms with E-state index in [1.165, 1.54) is 0 Å². The lowest BCUT2D eigenvalue weighted by molar-refractivity contribution is 0.0953. The number of carbonyl (C=O) groups is 1. The van der Waals surface area contributed by atoms with Gasteiger partial charge in [0.1, 0.15) is 0 Å². The predicted octanol–water partition coefficient (Wildman–Crippen LogP) is 3.52. The Morgan fingerprint density at radius 1 is 1.25 bits per heavy atom. The Hall–Kier alpha value is -1.85. The van der Waals surface area contributed by atoms with E-state index in [4.69, 9.17) is 0 Å². The van der Waals surface area contributed by atoms with Gasteiger partial charge in [0, 0.05) is 21.4 Å². The molecule has 3 nitrogen and oxygen atoms in total. The SMILES string of the molecule is O=C(NCc1cccs1)c1ccnc2c(S)cccc12. The number of nitrogens with zero attached hydrogens (tertiary/aromatic N) is 1. The summed E-state index contributed by atoms with van der Waals surface area (Å²) in [7, 11) is 0. The quantitative estimate of drug-likeness (QED) is 0.727. The van der Waals surface area contributed by atoms with Crippen molar-refractivity contribution in [3.05, 3.63) is 58.4 Å². The molecule has 2 aromatic heterocycles. The maximum atomic E-state index is 12.3. The largest absolute Gasteiger partial charge is 0.347 e. The van der Waals surface area contributed by atoms with Crippen LogP contribution in [0.3, 0.4) is 0 Å². The fourth-order valence-corrected chi connectivity index (χ4v) is 2.94. The smallest absolute Gasteiger partial charge is 0.252 e. The second kappa shape index (κ2) is 5.64. The Kier molecular flexibility index (Phi) is 3.71. The van der Waals surface area contributed by atoms with Gasteiger partial charge in [-0.3, -0.25) is 9.78 Å². The third kappa shape index (κ3) is 2.55. The first-order chi connectivity index (χ1) is 9.75. The number of hydrogen-bond donors (Lipinski definition) is 2. The van der Waals surface area contributed by atoms with Crippen LogP contribution in [0, 0.1) is 0 Å². The topological polar surface area (TPSA) is 42.0 Å². The summed E-state index contributed by atoms with van der Waals surface area (Å²) in [6.07, 6.45) is 1.64. The zero-order valence-corrected chi connectivity index (χ0v) is 12.2. The number of thiol groups is 1. The summed E-state index contributed by atoms with van der Waals surface area (Å²) in [6, 6.07) is 11.3. The average molecular weight is 300 g/mol. The zero-order valence-electron chi connectivity index (χ0n) is 10.5. The standard InChI is InChI=1S/C15H12N2OS2/c18-15(17-9-10-3-2-8-20-10)12-6-7-16-14-11(12)4-1-5-13(14)19/h1-8,19H,9H2,(H,17,18). The van der Waals surface area contributed by atoms with Crippen molar-refractivity contribution in [3.8, 4) is 0 Å². The number of nitrogens with one attached hydrogen (secondary N) is 1. The molecule has 0 fully saturated rings. The molecule has 0 saturated heterocycles. The number of benzene rings is 1. The van der Waals surface area contributed by atoms with Crippen LogP contribution in [0.25, 0.3) is 10.9 Å². The molecule has 0 unspecified atom stereocenters. The molecule has 3 aromatic rings. The summed E-state index contributed by atoms with van der Waals surface area (Å²) >= 11 is 6.00. The minimum absolute atomic E-state index is 0.0928. The molecule has 100 valence electrons. The van der Waals surface area contributed by atoms with Crippen LogP contribution >= 0.6 is 24.0 Å². The minimum Gasteiger partial charge on any atom is -0.347 e. The average Bonchev–Trinajstić information content (AvgIpc) is 2.98. The van der Waals surface area contributed by atoms with Gasteiger partial charge in [-0.1, -0.05) is 18.2 Å². The van der Waals surface area contributed by atoms with Gasteiger partial charge in [-0.25, -0.2) is 0 Å². The van der Waals surface area contributed by atoms with E-state index in [0.29, 0.717) is 12.1 Å². The molecule has 3 rings (SSSR count). The molecular formula is C15H12N2OS2. The number of fused-ring (bicyclic) bond motifs is 1. The van der Waals surface area contributed by atoms with Crippen molar-refractivity contribution in [3.63, 3.8) is 0 Å². The summed E-state index contributed by atoms with van der Waals surface area (Å²) in [5.41, 5.74) is 1.38. The van der Waals surface area contributed by atoms with Gasteiger partial charge in [0.25, 0.3) is 5.91 Å². The molecule has 0 aliphatic carbocycles. The van der Waals surface area contributed by atoms with E-state index in [0.717, 1.165) is 20.7 Å². The Balaban J connectivity index is 1.90. The van der Waals surface area contributed by atoms with Crippen molar-refractivity contribution in [1.82, 2.24) is 10.3 Å². The Labute approximate surface area is 126 Å². The molecule has 1 amide bonds. The first kappa shape index (κ1) is 13.1. The van der Waals surface area contributed by atoms with Gasteiger partial charge in [0.05, 0.1) is 17.6 Å². The van der Waals surface area contributed by atoms with Crippen LogP contribution in [-0.2, 0) is 6.54 Å². The van der Waals surface area contributed by atoms with Crippen molar-refractivity contribution in [2.24, 2.45) is 0 Å². The maximum Gasteiger partial charge on any atom is 0.252 e. The van der Waals surface area contributed by atoms with E-state index >= 15 is 0 Å². The summed E-state index contributed by atoms with van der Waals surface area (Å²) < 4.78 is 0. The first-order valence-electron chi connectivity index (χ1n) is 6.13. The number of amides is 1. The third-order valence-corrected chi connectivity index (χ3v) is 4.23. The van der Waals surface area contributed by atoms with Crippen LogP contribution in [0.5, 0.6) is 0 Å². The molecule has 0 aliphatic rings. The van der Waals surface area contributed by atoms with Gasteiger partial charge >= 0.3 is 0 Å². The van der Waals surface area contributed by atoms with Crippen LogP contribution in [0.2, 0.25) is 0 Å². The molecule has 0 radical (unpaired) electrons.